The first kappa shape index (κ1) is 22.8. The maximum absolute atomic E-state index is 13.7. The third kappa shape index (κ3) is 2.90. The highest BCUT2D eigenvalue weighted by Crippen LogP contribution is 2.52. The number of carbonyl (C=O) groups is 3. The van der Waals surface area contributed by atoms with Crippen molar-refractivity contribution in [2.45, 2.75) is 24.5 Å². The zero-order chi connectivity index (χ0) is 24.6. The fraction of sp³-hybridized carbons (Fsp3) is 0.435. The van der Waals surface area contributed by atoms with Gasteiger partial charge in [0.15, 0.2) is 17.3 Å². The number of phenolic OH excluding ortho intramolecular Hbond substituents is 1. The van der Waals surface area contributed by atoms with E-state index in [-0.39, 0.29) is 29.7 Å². The smallest absolute Gasteiger partial charge is 0.211 e. The number of aliphatic hydroxyl groups excluding tert-OH is 2. The van der Waals surface area contributed by atoms with Gasteiger partial charge in [-0.15, -0.1) is 0 Å². The summed E-state index contributed by atoms with van der Waals surface area (Å²) in [6.45, 7) is 0. The number of carbonyl (C=O) groups excluding carboxylic acids is 3. The van der Waals surface area contributed by atoms with E-state index in [0.29, 0.717) is 5.56 Å². The van der Waals surface area contributed by atoms with Crippen LogP contribution in [0.1, 0.15) is 17.5 Å². The molecule has 176 valence electrons. The number of phenols is 1. The second kappa shape index (κ2) is 7.32. The Morgan fingerprint density at radius 2 is 1.73 bits per heavy atom. The zero-order valence-electron chi connectivity index (χ0n) is 18.8. The minimum Gasteiger partial charge on any atom is -0.507 e. The van der Waals surface area contributed by atoms with Crippen LogP contribution in [-0.2, 0) is 20.8 Å². The molecule has 4 rings (SSSR count). The van der Waals surface area contributed by atoms with Crippen molar-refractivity contribution in [1.29, 1.82) is 0 Å². The summed E-state index contributed by atoms with van der Waals surface area (Å²) in [4.78, 5) is 43.2. The van der Waals surface area contributed by atoms with E-state index >= 15 is 0 Å². The van der Waals surface area contributed by atoms with Crippen LogP contribution in [0.2, 0.25) is 0 Å². The lowest BCUT2D eigenvalue weighted by Crippen LogP contribution is -2.69. The second-order valence-electron chi connectivity index (χ2n) is 9.31. The summed E-state index contributed by atoms with van der Waals surface area (Å²) in [6.07, 6.45) is 0.296. The van der Waals surface area contributed by atoms with Crippen LogP contribution in [-0.4, -0.2) is 82.5 Å². The van der Waals surface area contributed by atoms with Gasteiger partial charge >= 0.3 is 0 Å². The van der Waals surface area contributed by atoms with Gasteiger partial charge in [-0.2, -0.15) is 0 Å². The lowest BCUT2D eigenvalue weighted by atomic mass is 9.56. The Bertz CT molecular complexity index is 1160. The second-order valence-corrected chi connectivity index (χ2v) is 9.31. The van der Waals surface area contributed by atoms with E-state index in [9.17, 15) is 34.8 Å². The number of anilines is 1. The number of hydrogen-bond donors (Lipinski definition) is 5. The molecule has 0 saturated heterocycles. The van der Waals surface area contributed by atoms with E-state index in [0.717, 1.165) is 5.69 Å². The maximum Gasteiger partial charge on any atom is 0.211 e. The number of hydrogen-bond acceptors (Lipinski definition) is 10. The summed E-state index contributed by atoms with van der Waals surface area (Å²) in [5.74, 6) is -6.64. The predicted octanol–water partition coefficient (Wildman–Crippen LogP) is 0.0300. The Morgan fingerprint density at radius 3 is 2.27 bits per heavy atom. The molecule has 0 radical (unpaired) electrons. The first-order chi connectivity index (χ1) is 15.3. The minimum absolute atomic E-state index is 0.0442. The van der Waals surface area contributed by atoms with Gasteiger partial charge in [0.25, 0.3) is 0 Å². The van der Waals surface area contributed by atoms with Crippen molar-refractivity contribution in [3.05, 3.63) is 40.3 Å². The third-order valence-corrected chi connectivity index (χ3v) is 7.05. The number of fused-ring (bicyclic) bond motifs is 3. The van der Waals surface area contributed by atoms with Crippen molar-refractivity contribution in [3.63, 3.8) is 0 Å². The van der Waals surface area contributed by atoms with Crippen LogP contribution < -0.4 is 10.6 Å². The summed E-state index contributed by atoms with van der Waals surface area (Å²) in [5, 5.41) is 42.9. The van der Waals surface area contributed by atoms with E-state index in [1.54, 1.807) is 34.3 Å². The number of nitrogens with two attached hydrogens (primary N) is 1. The molecular weight excluding hydrogens is 430 g/mol. The number of nitrogens with zero attached hydrogens (tertiary/aromatic N) is 2. The van der Waals surface area contributed by atoms with Gasteiger partial charge in [0.1, 0.15) is 17.1 Å². The van der Waals surface area contributed by atoms with E-state index in [1.165, 1.54) is 11.0 Å². The number of rotatable bonds is 2. The van der Waals surface area contributed by atoms with Gasteiger partial charge in [-0.25, -0.2) is 0 Å². The van der Waals surface area contributed by atoms with Crippen molar-refractivity contribution < 1.29 is 34.8 Å². The van der Waals surface area contributed by atoms with Crippen molar-refractivity contribution in [2.24, 2.45) is 17.6 Å². The van der Waals surface area contributed by atoms with Crippen LogP contribution in [0.4, 0.5) is 5.69 Å². The minimum atomic E-state index is -2.70. The van der Waals surface area contributed by atoms with Crippen LogP contribution in [0.3, 0.4) is 0 Å². The Kier molecular flexibility index (Phi) is 5.06. The molecule has 2 saturated carbocycles. The van der Waals surface area contributed by atoms with E-state index in [1.807, 2.05) is 4.90 Å². The van der Waals surface area contributed by atoms with E-state index in [4.69, 9.17) is 5.73 Å². The molecule has 10 nitrogen and oxygen atoms in total. The van der Waals surface area contributed by atoms with Crippen LogP contribution in [0.15, 0.2) is 29.2 Å². The van der Waals surface area contributed by atoms with Gasteiger partial charge < -0.3 is 31.1 Å². The van der Waals surface area contributed by atoms with Crippen molar-refractivity contribution in [1.82, 2.24) is 4.90 Å². The molecule has 4 atom stereocenters. The first-order valence-corrected chi connectivity index (χ1v) is 10.5. The van der Waals surface area contributed by atoms with E-state index < -0.39 is 58.0 Å². The molecule has 3 aliphatic carbocycles. The Hall–Kier alpha value is -3.37. The molecule has 0 spiro atoms. The van der Waals surface area contributed by atoms with E-state index in [2.05, 4.69) is 0 Å². The van der Waals surface area contributed by atoms with Crippen LogP contribution in [0.25, 0.3) is 5.76 Å². The summed E-state index contributed by atoms with van der Waals surface area (Å²) in [6, 6.07) is 2.00. The number of ketones is 3. The number of Topliss-reactive ketones (excluding diaryl/α,β-unsaturated/α-hetero) is 3. The Morgan fingerprint density at radius 1 is 1.09 bits per heavy atom. The molecule has 0 amide bonds. The summed E-state index contributed by atoms with van der Waals surface area (Å²) in [7, 11) is 6.74. The highest BCUT2D eigenvalue weighted by atomic mass is 16.3. The SMILES string of the molecule is CN(C)c1ccc(O)c2c1CC1CC3C(N(C)C)C(=O)/C(=C(\N)O)C(=O)C3(O)C(=O)C1=C2O. The van der Waals surface area contributed by atoms with Crippen molar-refractivity contribution >= 4 is 28.8 Å². The standard InChI is InChI=1S/C23H27N3O7/c1-25(2)12-5-6-13(27)15-10(12)7-9-8-11-17(26(3)4)19(29)16(22(24)32)21(31)23(11,33)20(30)14(9)18(15)28/h5-6,9,11,17,27-28,32-33H,7-8,24H2,1-4H3/b22-16-. The maximum atomic E-state index is 13.7. The van der Waals surface area contributed by atoms with Gasteiger partial charge in [-0.05, 0) is 50.6 Å². The topological polar surface area (TPSA) is 165 Å². The molecule has 1 aromatic rings. The molecule has 0 heterocycles. The summed E-state index contributed by atoms with van der Waals surface area (Å²) in [5.41, 5.74) is 3.11. The number of aliphatic hydroxyl groups is 3. The van der Waals surface area contributed by atoms with Crippen LogP contribution >= 0.6 is 0 Å². The molecular formula is C23H27N3O7. The molecule has 33 heavy (non-hydrogen) atoms. The molecule has 0 aromatic heterocycles. The third-order valence-electron chi connectivity index (χ3n) is 7.05. The van der Waals surface area contributed by atoms with Crippen molar-refractivity contribution in [3.8, 4) is 5.75 Å². The molecule has 10 heteroatoms. The molecule has 6 N–H and O–H groups in total. The lowest BCUT2D eigenvalue weighted by molar-refractivity contribution is -0.165. The molecule has 2 fully saturated rings. The van der Waals surface area contributed by atoms with Gasteiger partial charge in [0.05, 0.1) is 11.6 Å². The van der Waals surface area contributed by atoms with Crippen molar-refractivity contribution in [2.75, 3.05) is 33.1 Å². The monoisotopic (exact) mass is 457 g/mol. The Labute approximate surface area is 190 Å². The summed E-state index contributed by atoms with van der Waals surface area (Å²) >= 11 is 0. The number of benzene rings is 1. The molecule has 3 aliphatic rings. The highest BCUT2D eigenvalue weighted by molar-refractivity contribution is 6.35. The van der Waals surface area contributed by atoms with Gasteiger partial charge in [-0.1, -0.05) is 0 Å². The van der Waals surface area contributed by atoms with Gasteiger partial charge in [-0.3, -0.25) is 19.3 Å². The van der Waals surface area contributed by atoms with Crippen LogP contribution in [0.5, 0.6) is 5.75 Å². The highest BCUT2D eigenvalue weighted by Gasteiger charge is 2.66. The molecule has 1 aromatic carbocycles. The van der Waals surface area contributed by atoms with Gasteiger partial charge in [0, 0.05) is 31.3 Å². The van der Waals surface area contributed by atoms with Crippen LogP contribution in [0, 0.1) is 11.8 Å². The molecule has 4 unspecified atom stereocenters. The number of aromatic hydroxyl groups is 1. The lowest BCUT2D eigenvalue weighted by Gasteiger charge is -2.50. The quantitative estimate of drug-likeness (QED) is 0.177. The first-order valence-electron chi connectivity index (χ1n) is 10.5. The normalized spacial score (nSPS) is 30.7. The fourth-order valence-corrected chi connectivity index (χ4v) is 5.63. The average Bonchev–Trinajstić information content (AvgIpc) is 2.70. The number of likely N-dealkylation sites (N-methyl/N-ethyl adjacent to an activating group) is 1. The average molecular weight is 457 g/mol. The summed E-state index contributed by atoms with van der Waals surface area (Å²) < 4.78 is 0. The molecule has 0 aliphatic heterocycles. The fourth-order valence-electron chi connectivity index (χ4n) is 5.63. The zero-order valence-corrected chi connectivity index (χ0v) is 18.8. The molecule has 0 bridgehead atoms. The predicted molar refractivity (Wildman–Crippen MR) is 119 cm³/mol. The Balaban J connectivity index is 1.97. The largest absolute Gasteiger partial charge is 0.507 e. The van der Waals surface area contributed by atoms with Gasteiger partial charge in [0.2, 0.25) is 11.6 Å².